The second-order valence-electron chi connectivity index (χ2n) is 23.8. The fourth-order valence-electron chi connectivity index (χ4n) is 14.2. The first-order chi connectivity index (χ1) is 30.3. The number of fused-ring (bicyclic) bond motifs is 12. The van der Waals surface area contributed by atoms with Crippen LogP contribution in [0.25, 0.3) is 0 Å². The normalized spacial score (nSPS) is 25.9. The number of anilines is 7. The highest BCUT2D eigenvalue weighted by Gasteiger charge is 2.63. The van der Waals surface area contributed by atoms with Gasteiger partial charge in [0.2, 0.25) is 0 Å². The van der Waals surface area contributed by atoms with Gasteiger partial charge in [-0.15, -0.1) is 0 Å². The van der Waals surface area contributed by atoms with Crippen molar-refractivity contribution in [3.05, 3.63) is 154 Å². The van der Waals surface area contributed by atoms with Crippen molar-refractivity contribution in [3.63, 3.8) is 0 Å². The molecule has 6 aromatic carbocycles. The molecular weight excluding hydrogens is 773 g/mol. The molecule has 1 saturated carbocycles. The van der Waals surface area contributed by atoms with Gasteiger partial charge in [-0.25, -0.2) is 0 Å². The molecule has 6 aromatic rings. The molecule has 2 aliphatic carbocycles. The lowest BCUT2D eigenvalue weighted by atomic mass is 9.33. The smallest absolute Gasteiger partial charge is 0.252 e. The summed E-state index contributed by atoms with van der Waals surface area (Å²) in [7, 11) is 0. The van der Waals surface area contributed by atoms with Crippen molar-refractivity contribution >= 4 is 62.9 Å². The largest absolute Gasteiger partial charge is 0.335 e. The molecule has 64 heavy (non-hydrogen) atoms. The number of rotatable bonds is 2. The van der Waals surface area contributed by atoms with Gasteiger partial charge in [0.1, 0.15) is 0 Å². The highest BCUT2D eigenvalue weighted by molar-refractivity contribution is 7.00. The van der Waals surface area contributed by atoms with Gasteiger partial charge < -0.3 is 14.7 Å². The molecule has 3 nitrogen and oxygen atoms in total. The molecule has 324 valence electrons. The van der Waals surface area contributed by atoms with Crippen LogP contribution in [0, 0.1) is 13.8 Å². The van der Waals surface area contributed by atoms with Gasteiger partial charge in [0, 0.05) is 50.6 Å². The van der Waals surface area contributed by atoms with Gasteiger partial charge >= 0.3 is 0 Å². The summed E-state index contributed by atoms with van der Waals surface area (Å²) in [6.07, 6.45) is 7.11. The average Bonchev–Trinajstić information content (AvgIpc) is 3.59. The van der Waals surface area contributed by atoms with E-state index in [4.69, 9.17) is 0 Å². The van der Waals surface area contributed by atoms with Crippen LogP contribution in [0.1, 0.15) is 146 Å². The van der Waals surface area contributed by atoms with Crippen LogP contribution >= 0.6 is 0 Å². The average molecular weight is 840 g/mol. The monoisotopic (exact) mass is 840 g/mol. The molecule has 12 rings (SSSR count). The van der Waals surface area contributed by atoms with Crippen molar-refractivity contribution in [2.75, 3.05) is 14.7 Å². The summed E-state index contributed by atoms with van der Waals surface area (Å²) in [6, 6.07) is 44.1. The highest BCUT2D eigenvalue weighted by Crippen LogP contribution is 2.66. The van der Waals surface area contributed by atoms with E-state index < -0.39 is 0 Å². The Kier molecular flexibility index (Phi) is 8.04. The van der Waals surface area contributed by atoms with Gasteiger partial charge in [-0.05, 0) is 162 Å². The molecule has 0 bridgehead atoms. The number of benzene rings is 6. The Bertz CT molecular complexity index is 3000. The van der Waals surface area contributed by atoms with E-state index in [0.29, 0.717) is 0 Å². The van der Waals surface area contributed by atoms with Crippen LogP contribution in [-0.2, 0) is 33.6 Å². The predicted molar refractivity (Wildman–Crippen MR) is 274 cm³/mol. The number of hydrogen-bond donors (Lipinski definition) is 0. The Morgan fingerprint density at radius 3 is 2.00 bits per heavy atom. The lowest BCUT2D eigenvalue weighted by Gasteiger charge is -2.54. The molecule has 4 unspecified atom stereocenters. The van der Waals surface area contributed by atoms with Gasteiger partial charge in [0.25, 0.3) is 6.71 Å². The fourth-order valence-corrected chi connectivity index (χ4v) is 14.2. The third-order valence-electron chi connectivity index (χ3n) is 18.2. The molecule has 6 aliphatic rings. The van der Waals surface area contributed by atoms with E-state index in [9.17, 15) is 0 Å². The molecule has 0 amide bonds. The van der Waals surface area contributed by atoms with E-state index in [1.54, 1.807) is 5.56 Å². The quantitative estimate of drug-likeness (QED) is 0.161. The standard InChI is InChI=1S/C60H66BN3/c1-37-18-17-20-42(30-37)62-50-31-38(2)22-24-47(50)61-48-34-41(56(6,7)8)33-46-54(48)64(59(11)28-16-15-27-57(46,59)9)52-36-43(35-51(62)53(52)61)63-49-25-23-40(55(3,4)5)32-45(49)58(10)29-26-39-19-13-14-21-44(39)60(58,63)12/h13-14,17-25,30-36H,15-16,26-29H2,1-12H3. The lowest BCUT2D eigenvalue weighted by molar-refractivity contribution is 0.195. The molecule has 0 spiro atoms. The Morgan fingerprint density at radius 2 is 1.23 bits per heavy atom. The zero-order valence-corrected chi connectivity index (χ0v) is 40.6. The maximum atomic E-state index is 2.94. The van der Waals surface area contributed by atoms with Crippen LogP contribution in [0.4, 0.5) is 39.8 Å². The second kappa shape index (κ2) is 12.8. The maximum absolute atomic E-state index is 2.94. The Hall–Kier alpha value is -5.22. The van der Waals surface area contributed by atoms with Crippen molar-refractivity contribution in [1.29, 1.82) is 0 Å². The van der Waals surface area contributed by atoms with Crippen LogP contribution in [0.3, 0.4) is 0 Å². The van der Waals surface area contributed by atoms with Crippen molar-refractivity contribution in [2.24, 2.45) is 0 Å². The molecule has 0 aromatic heterocycles. The third-order valence-corrected chi connectivity index (χ3v) is 18.2. The zero-order valence-electron chi connectivity index (χ0n) is 40.6. The third kappa shape index (κ3) is 4.96. The van der Waals surface area contributed by atoms with Crippen molar-refractivity contribution < 1.29 is 0 Å². The van der Waals surface area contributed by atoms with E-state index >= 15 is 0 Å². The Labute approximate surface area is 384 Å². The number of hydrogen-bond acceptors (Lipinski definition) is 3. The lowest BCUT2D eigenvalue weighted by Crippen LogP contribution is -2.64. The van der Waals surface area contributed by atoms with E-state index in [-0.39, 0.29) is 39.5 Å². The van der Waals surface area contributed by atoms with Gasteiger partial charge in [-0.2, -0.15) is 0 Å². The topological polar surface area (TPSA) is 9.72 Å². The SMILES string of the molecule is Cc1cccc(N2c3cc(C)ccc3B3c4cc(C(C)(C)C)cc5c4N(c4cc(N6c7ccc(C(C)(C)C)cc7C7(C)CCc8ccccc8C67C)cc2c43)C2(C)CCCCC52C)c1. The second-order valence-corrected chi connectivity index (χ2v) is 23.8. The molecule has 0 saturated heterocycles. The summed E-state index contributed by atoms with van der Waals surface area (Å²) < 4.78 is 0. The van der Waals surface area contributed by atoms with Gasteiger partial charge in [0.15, 0.2) is 0 Å². The molecule has 1 fully saturated rings. The minimum absolute atomic E-state index is 0.00970. The van der Waals surface area contributed by atoms with Crippen LogP contribution in [0.15, 0.2) is 109 Å². The summed E-state index contributed by atoms with van der Waals surface area (Å²) in [5, 5.41) is 0. The molecule has 4 aliphatic heterocycles. The highest BCUT2D eigenvalue weighted by atomic mass is 15.3. The molecule has 0 radical (unpaired) electrons. The molecule has 4 atom stereocenters. The fraction of sp³-hybridized carbons (Fsp3) is 0.400. The Balaban J connectivity index is 1.23. The first-order valence-corrected chi connectivity index (χ1v) is 24.5. The van der Waals surface area contributed by atoms with E-state index in [2.05, 4.69) is 207 Å². The van der Waals surface area contributed by atoms with Crippen LogP contribution in [-0.4, -0.2) is 12.3 Å². The Morgan fingerprint density at radius 1 is 0.516 bits per heavy atom. The number of aryl methyl sites for hydroxylation is 3. The zero-order chi connectivity index (χ0) is 44.7. The summed E-state index contributed by atoms with van der Waals surface area (Å²) >= 11 is 0. The summed E-state index contributed by atoms with van der Waals surface area (Å²) in [4.78, 5) is 8.42. The van der Waals surface area contributed by atoms with E-state index in [0.717, 1.165) is 12.8 Å². The predicted octanol–water partition coefficient (Wildman–Crippen LogP) is 13.5. The summed E-state index contributed by atoms with van der Waals surface area (Å²) in [6.45, 7) is 29.4. The van der Waals surface area contributed by atoms with Crippen LogP contribution < -0.4 is 31.1 Å². The van der Waals surface area contributed by atoms with Gasteiger partial charge in [-0.1, -0.05) is 141 Å². The summed E-state index contributed by atoms with van der Waals surface area (Å²) in [5.74, 6) is 0. The summed E-state index contributed by atoms with van der Waals surface area (Å²) in [5.41, 5.74) is 24.8. The van der Waals surface area contributed by atoms with E-state index in [1.807, 2.05) is 0 Å². The first kappa shape index (κ1) is 40.3. The van der Waals surface area contributed by atoms with Crippen LogP contribution in [0.2, 0.25) is 0 Å². The van der Waals surface area contributed by atoms with Crippen molar-refractivity contribution in [3.8, 4) is 0 Å². The minimum atomic E-state index is -0.327. The minimum Gasteiger partial charge on any atom is -0.335 e. The van der Waals surface area contributed by atoms with Crippen LogP contribution in [0.5, 0.6) is 0 Å². The first-order valence-electron chi connectivity index (χ1n) is 24.5. The van der Waals surface area contributed by atoms with Crippen molar-refractivity contribution in [1.82, 2.24) is 0 Å². The van der Waals surface area contributed by atoms with Gasteiger partial charge in [-0.3, -0.25) is 0 Å². The molecule has 4 heterocycles. The molecular formula is C60H66BN3. The number of nitrogens with zero attached hydrogens (tertiary/aromatic N) is 3. The molecule has 4 heteroatoms. The van der Waals surface area contributed by atoms with Crippen molar-refractivity contribution in [2.45, 2.75) is 154 Å². The van der Waals surface area contributed by atoms with E-state index in [1.165, 1.54) is 121 Å². The maximum Gasteiger partial charge on any atom is 0.252 e. The van der Waals surface area contributed by atoms with Gasteiger partial charge in [0.05, 0.1) is 11.1 Å². The molecule has 0 N–H and O–H groups in total.